The highest BCUT2D eigenvalue weighted by Gasteiger charge is 2.41. The molecule has 0 saturated carbocycles. The van der Waals surface area contributed by atoms with Crippen molar-refractivity contribution in [2.24, 2.45) is 0 Å². The van der Waals surface area contributed by atoms with Gasteiger partial charge < -0.3 is 14.9 Å². The van der Waals surface area contributed by atoms with Crippen LogP contribution in [-0.4, -0.2) is 35.7 Å². The average Bonchev–Trinajstić information content (AvgIpc) is 2.48. The second-order valence-electron chi connectivity index (χ2n) is 4.30. The lowest BCUT2D eigenvalue weighted by molar-refractivity contribution is -0.757. The molecule has 8 nitrogen and oxygen atoms in total. The summed E-state index contributed by atoms with van der Waals surface area (Å²) in [5.74, 6) is -0.784. The summed E-state index contributed by atoms with van der Waals surface area (Å²) in [4.78, 5) is 37.0. The maximum Gasteiger partial charge on any atom is 0.294 e. The third-order valence-corrected chi connectivity index (χ3v) is 2.90. The van der Waals surface area contributed by atoms with Crippen molar-refractivity contribution < 1.29 is 24.3 Å². The molecular formula is C11H16N2O6. The summed E-state index contributed by atoms with van der Waals surface area (Å²) < 4.78 is 5.49. The van der Waals surface area contributed by atoms with Crippen molar-refractivity contribution in [2.75, 3.05) is 13.2 Å². The number of rotatable bonds is 7. The molecule has 1 rings (SSSR count). The minimum absolute atomic E-state index is 0.0840. The molecule has 1 heterocycles. The first-order valence-corrected chi connectivity index (χ1v) is 5.74. The Hall–Kier alpha value is -1.96. The van der Waals surface area contributed by atoms with Crippen LogP contribution in [-0.2, 0) is 19.2 Å². The fourth-order valence-electron chi connectivity index (χ4n) is 1.82. The SMILES string of the molecule is CC(=O)C1=C(C)C(C)(OCCCO[N+](=O)[O-])NC1=O. The predicted octanol–water partition coefficient (Wildman–Crippen LogP) is 0.353. The number of nitrogens with one attached hydrogen (secondary N) is 1. The molecule has 8 heteroatoms. The smallest absolute Gasteiger partial charge is 0.294 e. The van der Waals surface area contributed by atoms with Crippen LogP contribution in [0.1, 0.15) is 27.2 Å². The molecular weight excluding hydrogens is 256 g/mol. The lowest BCUT2D eigenvalue weighted by Gasteiger charge is -2.26. The Balaban J connectivity index is 2.56. The second-order valence-corrected chi connectivity index (χ2v) is 4.30. The summed E-state index contributed by atoms with van der Waals surface area (Å²) in [6.07, 6.45) is 0.301. The average molecular weight is 272 g/mol. The van der Waals surface area contributed by atoms with Crippen molar-refractivity contribution in [2.45, 2.75) is 32.9 Å². The van der Waals surface area contributed by atoms with Crippen molar-refractivity contribution in [3.8, 4) is 0 Å². The zero-order valence-corrected chi connectivity index (χ0v) is 11.0. The number of hydrogen-bond donors (Lipinski definition) is 1. The molecule has 0 aromatic heterocycles. The Morgan fingerprint density at radius 2 is 2.11 bits per heavy atom. The van der Waals surface area contributed by atoms with E-state index in [0.29, 0.717) is 12.0 Å². The Labute approximate surface area is 109 Å². The number of carbonyl (C=O) groups is 2. The molecule has 106 valence electrons. The highest BCUT2D eigenvalue weighted by Crippen LogP contribution is 2.28. The molecule has 0 bridgehead atoms. The standard InChI is InChI=1S/C11H16N2O6/c1-7-9(8(2)14)10(15)12-11(7,3)18-5-4-6-19-13(16)17/h4-6H2,1-3H3,(H,12,15). The Morgan fingerprint density at radius 3 is 2.58 bits per heavy atom. The number of ether oxygens (including phenoxy) is 1. The van der Waals surface area contributed by atoms with Gasteiger partial charge in [-0.25, -0.2) is 0 Å². The van der Waals surface area contributed by atoms with Crippen LogP contribution in [0.15, 0.2) is 11.1 Å². The number of carbonyl (C=O) groups excluding carboxylic acids is 2. The first-order chi connectivity index (χ1) is 8.78. The molecule has 0 radical (unpaired) electrons. The normalized spacial score (nSPS) is 22.4. The Kier molecular flexibility index (Phi) is 4.60. The van der Waals surface area contributed by atoms with Gasteiger partial charge in [-0.3, -0.25) is 9.59 Å². The van der Waals surface area contributed by atoms with E-state index < -0.39 is 16.7 Å². The topological polar surface area (TPSA) is 108 Å². The van der Waals surface area contributed by atoms with Gasteiger partial charge >= 0.3 is 0 Å². The van der Waals surface area contributed by atoms with E-state index in [1.807, 2.05) is 0 Å². The van der Waals surface area contributed by atoms with Gasteiger partial charge in [0.2, 0.25) is 0 Å². The van der Waals surface area contributed by atoms with E-state index in [9.17, 15) is 19.7 Å². The van der Waals surface area contributed by atoms with Crippen LogP contribution in [0.3, 0.4) is 0 Å². The van der Waals surface area contributed by atoms with E-state index in [2.05, 4.69) is 10.2 Å². The van der Waals surface area contributed by atoms with Gasteiger partial charge in [0.25, 0.3) is 11.0 Å². The van der Waals surface area contributed by atoms with Crippen molar-refractivity contribution in [1.82, 2.24) is 5.32 Å². The molecule has 0 spiro atoms. The van der Waals surface area contributed by atoms with Crippen molar-refractivity contribution in [1.29, 1.82) is 0 Å². The fraction of sp³-hybridized carbons (Fsp3) is 0.636. The minimum atomic E-state index is -1.05. The fourth-order valence-corrected chi connectivity index (χ4v) is 1.82. The number of ketones is 1. The molecule has 0 aromatic rings. The first kappa shape index (κ1) is 15.1. The van der Waals surface area contributed by atoms with Crippen molar-refractivity contribution in [3.05, 3.63) is 21.3 Å². The van der Waals surface area contributed by atoms with Crippen LogP contribution in [0, 0.1) is 10.1 Å². The second kappa shape index (κ2) is 5.79. The van der Waals surface area contributed by atoms with E-state index in [-0.39, 0.29) is 24.6 Å². The predicted molar refractivity (Wildman–Crippen MR) is 63.4 cm³/mol. The molecule has 19 heavy (non-hydrogen) atoms. The third-order valence-electron chi connectivity index (χ3n) is 2.90. The molecule has 0 aliphatic carbocycles. The molecule has 0 fully saturated rings. The van der Waals surface area contributed by atoms with E-state index in [0.717, 1.165) is 0 Å². The maximum absolute atomic E-state index is 11.6. The van der Waals surface area contributed by atoms with Gasteiger partial charge in [0.15, 0.2) is 11.5 Å². The molecule has 1 N–H and O–H groups in total. The largest absolute Gasteiger partial charge is 0.352 e. The summed E-state index contributed by atoms with van der Waals surface area (Å²) in [5.41, 5.74) is -0.434. The lowest BCUT2D eigenvalue weighted by Crippen LogP contribution is -2.44. The summed E-state index contributed by atoms with van der Waals surface area (Å²) >= 11 is 0. The molecule has 0 saturated heterocycles. The van der Waals surface area contributed by atoms with E-state index >= 15 is 0 Å². The monoisotopic (exact) mass is 272 g/mol. The molecule has 1 unspecified atom stereocenters. The number of Topliss-reactive ketones (excluding diaryl/α,β-unsaturated/α-hetero) is 1. The summed E-state index contributed by atoms with van der Waals surface area (Å²) in [7, 11) is 0. The van der Waals surface area contributed by atoms with Gasteiger partial charge in [0, 0.05) is 0 Å². The van der Waals surface area contributed by atoms with Gasteiger partial charge in [-0.2, -0.15) is 0 Å². The van der Waals surface area contributed by atoms with Gasteiger partial charge in [0.05, 0.1) is 18.8 Å². The lowest BCUT2D eigenvalue weighted by atomic mass is 10.0. The van der Waals surface area contributed by atoms with Crippen LogP contribution in [0.2, 0.25) is 0 Å². The van der Waals surface area contributed by atoms with E-state index in [1.165, 1.54) is 6.92 Å². The quantitative estimate of drug-likeness (QED) is 0.310. The summed E-state index contributed by atoms with van der Waals surface area (Å²) in [6, 6.07) is 0. The number of hydrogen-bond acceptors (Lipinski definition) is 6. The Bertz CT molecular complexity index is 444. The third kappa shape index (κ3) is 3.50. The highest BCUT2D eigenvalue weighted by molar-refractivity contribution is 6.21. The van der Waals surface area contributed by atoms with Gasteiger partial charge in [-0.15, -0.1) is 10.1 Å². The first-order valence-electron chi connectivity index (χ1n) is 5.74. The van der Waals surface area contributed by atoms with Gasteiger partial charge in [-0.1, -0.05) is 0 Å². The van der Waals surface area contributed by atoms with Gasteiger partial charge in [0.1, 0.15) is 0 Å². The van der Waals surface area contributed by atoms with Crippen LogP contribution in [0.25, 0.3) is 0 Å². The summed E-state index contributed by atoms with van der Waals surface area (Å²) in [6.45, 7) is 4.66. The number of amides is 1. The molecule has 0 aromatic carbocycles. The zero-order chi connectivity index (χ0) is 14.6. The Morgan fingerprint density at radius 1 is 1.47 bits per heavy atom. The van der Waals surface area contributed by atoms with E-state index in [1.54, 1.807) is 13.8 Å². The van der Waals surface area contributed by atoms with Crippen LogP contribution in [0.5, 0.6) is 0 Å². The van der Waals surface area contributed by atoms with E-state index in [4.69, 9.17) is 4.74 Å². The molecule has 1 atom stereocenters. The minimum Gasteiger partial charge on any atom is -0.352 e. The summed E-state index contributed by atoms with van der Waals surface area (Å²) in [5, 5.41) is 11.6. The van der Waals surface area contributed by atoms with Crippen LogP contribution >= 0.6 is 0 Å². The van der Waals surface area contributed by atoms with Crippen molar-refractivity contribution >= 4 is 11.7 Å². The van der Waals surface area contributed by atoms with Crippen LogP contribution in [0.4, 0.5) is 0 Å². The number of nitrogens with zero attached hydrogens (tertiary/aromatic N) is 1. The zero-order valence-electron chi connectivity index (χ0n) is 11.0. The van der Waals surface area contributed by atoms with Gasteiger partial charge in [-0.05, 0) is 32.8 Å². The molecule has 1 aliphatic rings. The maximum atomic E-state index is 11.6. The highest BCUT2D eigenvalue weighted by atomic mass is 16.9. The molecule has 1 aliphatic heterocycles. The van der Waals surface area contributed by atoms with Crippen LogP contribution < -0.4 is 5.32 Å². The van der Waals surface area contributed by atoms with Crippen molar-refractivity contribution in [3.63, 3.8) is 0 Å². The molecule has 1 amide bonds.